The number of hydrogen-bond donors (Lipinski definition) is 0. The van der Waals surface area contributed by atoms with Crippen molar-refractivity contribution in [1.82, 2.24) is 4.57 Å². The zero-order chi connectivity index (χ0) is 14.5. The lowest BCUT2D eigenvalue weighted by atomic mass is 10.1. The summed E-state index contributed by atoms with van der Waals surface area (Å²) in [5.41, 5.74) is 1.87. The Bertz CT molecular complexity index is 607. The Balaban J connectivity index is 2.19. The van der Waals surface area contributed by atoms with Gasteiger partial charge in [-0.1, -0.05) is 0 Å². The largest absolute Gasteiger partial charge is 0.493 e. The van der Waals surface area contributed by atoms with E-state index in [1.165, 1.54) is 5.56 Å². The molecule has 0 amide bonds. The first kappa shape index (κ1) is 14.9. The van der Waals surface area contributed by atoms with Crippen LogP contribution in [0.25, 0.3) is 0 Å². The van der Waals surface area contributed by atoms with Gasteiger partial charge in [0.2, 0.25) is 0 Å². The molecule has 0 spiro atoms. The normalized spacial score (nSPS) is 10.3. The van der Waals surface area contributed by atoms with Crippen LogP contribution in [-0.4, -0.2) is 25.1 Å². The number of carbonyl (C=O) groups excluding carboxylic acids is 1. The van der Waals surface area contributed by atoms with Crippen molar-refractivity contribution in [3.05, 3.63) is 45.3 Å². The third kappa shape index (κ3) is 3.15. The Morgan fingerprint density at radius 1 is 1.25 bits per heavy atom. The van der Waals surface area contributed by atoms with Crippen LogP contribution in [0.4, 0.5) is 0 Å². The maximum atomic E-state index is 10.9. The van der Waals surface area contributed by atoms with Gasteiger partial charge < -0.3 is 14.0 Å². The first-order valence-corrected chi connectivity index (χ1v) is 7.28. The molecule has 0 radical (unpaired) electrons. The van der Waals surface area contributed by atoms with Crippen molar-refractivity contribution in [3.8, 4) is 11.5 Å². The number of aldehydes is 1. The standard InChI is InChI=1S/C15H16INO3/c1-19-14-8-11(13(16)9-15(14)20-2)5-7-17-6-3-4-12(17)10-18/h3-4,6,8-10H,5,7H2,1-2H3. The molecule has 1 aromatic carbocycles. The fourth-order valence-corrected chi connectivity index (χ4v) is 2.77. The highest BCUT2D eigenvalue weighted by Gasteiger charge is 2.10. The SMILES string of the molecule is COc1cc(I)c(CCn2cccc2C=O)cc1OC. The van der Waals surface area contributed by atoms with Crippen LogP contribution < -0.4 is 9.47 Å². The molecule has 0 N–H and O–H groups in total. The first-order chi connectivity index (χ1) is 9.69. The second kappa shape index (κ2) is 6.78. The molecule has 1 heterocycles. The van der Waals surface area contributed by atoms with E-state index in [0.29, 0.717) is 5.69 Å². The minimum atomic E-state index is 0.695. The van der Waals surface area contributed by atoms with Crippen LogP contribution in [0.5, 0.6) is 11.5 Å². The lowest BCUT2D eigenvalue weighted by molar-refractivity contribution is 0.111. The van der Waals surface area contributed by atoms with E-state index >= 15 is 0 Å². The average Bonchev–Trinajstić information content (AvgIpc) is 2.93. The molecule has 0 saturated carbocycles. The molecular formula is C15H16INO3. The predicted molar refractivity (Wildman–Crippen MR) is 85.8 cm³/mol. The van der Waals surface area contributed by atoms with Gasteiger partial charge in [-0.05, 0) is 58.8 Å². The maximum absolute atomic E-state index is 10.9. The van der Waals surface area contributed by atoms with Gasteiger partial charge in [0, 0.05) is 16.3 Å². The number of methoxy groups -OCH3 is 2. The van der Waals surface area contributed by atoms with Crippen LogP contribution >= 0.6 is 22.6 Å². The van der Waals surface area contributed by atoms with E-state index in [9.17, 15) is 4.79 Å². The lowest BCUT2D eigenvalue weighted by Crippen LogP contribution is -2.05. The molecule has 0 atom stereocenters. The van der Waals surface area contributed by atoms with Crippen molar-refractivity contribution in [3.63, 3.8) is 0 Å². The second-order valence-electron chi connectivity index (χ2n) is 4.29. The Kier molecular flexibility index (Phi) is 5.05. The van der Waals surface area contributed by atoms with Crippen LogP contribution in [0, 0.1) is 3.57 Å². The van der Waals surface area contributed by atoms with Gasteiger partial charge in [0.15, 0.2) is 17.8 Å². The van der Waals surface area contributed by atoms with Crippen LogP contribution in [0.3, 0.4) is 0 Å². The predicted octanol–water partition coefficient (Wildman–Crippen LogP) is 3.17. The Morgan fingerprint density at radius 2 is 1.95 bits per heavy atom. The molecule has 4 nitrogen and oxygen atoms in total. The van der Waals surface area contributed by atoms with Gasteiger partial charge in [0.1, 0.15) is 0 Å². The second-order valence-corrected chi connectivity index (χ2v) is 5.46. The van der Waals surface area contributed by atoms with E-state index in [4.69, 9.17) is 9.47 Å². The third-order valence-electron chi connectivity index (χ3n) is 3.16. The molecule has 5 heteroatoms. The van der Waals surface area contributed by atoms with Crippen molar-refractivity contribution < 1.29 is 14.3 Å². The van der Waals surface area contributed by atoms with Gasteiger partial charge in [-0.25, -0.2) is 0 Å². The monoisotopic (exact) mass is 385 g/mol. The fraction of sp³-hybridized carbons (Fsp3) is 0.267. The first-order valence-electron chi connectivity index (χ1n) is 6.20. The Labute approximate surface area is 131 Å². The van der Waals surface area contributed by atoms with Crippen molar-refractivity contribution in [2.75, 3.05) is 14.2 Å². The number of ether oxygens (including phenoxy) is 2. The van der Waals surface area contributed by atoms with Crippen molar-refractivity contribution in [2.45, 2.75) is 13.0 Å². The number of hydrogen-bond acceptors (Lipinski definition) is 3. The molecule has 0 bridgehead atoms. The van der Waals surface area contributed by atoms with Gasteiger partial charge in [-0.2, -0.15) is 0 Å². The lowest BCUT2D eigenvalue weighted by Gasteiger charge is -2.12. The van der Waals surface area contributed by atoms with Crippen molar-refractivity contribution in [1.29, 1.82) is 0 Å². The molecule has 2 aromatic rings. The summed E-state index contributed by atoms with van der Waals surface area (Å²) in [5, 5.41) is 0. The maximum Gasteiger partial charge on any atom is 0.166 e. The number of aromatic nitrogens is 1. The van der Waals surface area contributed by atoms with Crippen LogP contribution in [-0.2, 0) is 13.0 Å². The Morgan fingerprint density at radius 3 is 2.60 bits per heavy atom. The zero-order valence-corrected chi connectivity index (χ0v) is 13.6. The van der Waals surface area contributed by atoms with Gasteiger partial charge >= 0.3 is 0 Å². The van der Waals surface area contributed by atoms with E-state index < -0.39 is 0 Å². The van der Waals surface area contributed by atoms with E-state index in [0.717, 1.165) is 34.3 Å². The summed E-state index contributed by atoms with van der Waals surface area (Å²) in [7, 11) is 3.26. The minimum Gasteiger partial charge on any atom is -0.493 e. The molecule has 2 rings (SSSR count). The van der Waals surface area contributed by atoms with Crippen LogP contribution in [0.2, 0.25) is 0 Å². The number of nitrogens with zero attached hydrogens (tertiary/aromatic N) is 1. The smallest absolute Gasteiger partial charge is 0.166 e. The van der Waals surface area contributed by atoms with Crippen LogP contribution in [0.1, 0.15) is 16.1 Å². The summed E-state index contributed by atoms with van der Waals surface area (Å²) < 4.78 is 13.7. The van der Waals surface area contributed by atoms with Gasteiger partial charge in [0.25, 0.3) is 0 Å². The van der Waals surface area contributed by atoms with Crippen LogP contribution in [0.15, 0.2) is 30.5 Å². The van der Waals surface area contributed by atoms with Crippen molar-refractivity contribution in [2.24, 2.45) is 0 Å². The highest BCUT2D eigenvalue weighted by molar-refractivity contribution is 14.1. The number of carbonyl (C=O) groups is 1. The topological polar surface area (TPSA) is 40.5 Å². The molecule has 1 aromatic heterocycles. The number of benzene rings is 1. The average molecular weight is 385 g/mol. The summed E-state index contributed by atoms with van der Waals surface area (Å²) >= 11 is 2.29. The molecule has 0 unspecified atom stereocenters. The highest BCUT2D eigenvalue weighted by Crippen LogP contribution is 2.31. The summed E-state index contributed by atoms with van der Waals surface area (Å²) in [6, 6.07) is 7.64. The number of aryl methyl sites for hydroxylation is 2. The molecule has 0 aliphatic rings. The molecule has 106 valence electrons. The van der Waals surface area contributed by atoms with Gasteiger partial charge in [-0.3, -0.25) is 4.79 Å². The molecule has 0 saturated heterocycles. The molecular weight excluding hydrogens is 369 g/mol. The summed E-state index contributed by atoms with van der Waals surface area (Å²) in [5.74, 6) is 1.46. The minimum absolute atomic E-state index is 0.695. The molecule has 0 aliphatic carbocycles. The van der Waals surface area contributed by atoms with E-state index in [-0.39, 0.29) is 0 Å². The number of halogens is 1. The van der Waals surface area contributed by atoms with E-state index in [2.05, 4.69) is 22.6 Å². The molecule has 0 aliphatic heterocycles. The van der Waals surface area contributed by atoms with E-state index in [1.807, 2.05) is 35.0 Å². The molecule has 20 heavy (non-hydrogen) atoms. The summed E-state index contributed by atoms with van der Waals surface area (Å²) in [6.45, 7) is 0.757. The molecule has 0 fully saturated rings. The Hall–Kier alpha value is -1.50. The number of rotatable bonds is 6. The van der Waals surface area contributed by atoms with Gasteiger partial charge in [-0.15, -0.1) is 0 Å². The third-order valence-corrected chi connectivity index (χ3v) is 4.16. The summed E-state index contributed by atoms with van der Waals surface area (Å²) in [6.07, 6.45) is 3.62. The zero-order valence-electron chi connectivity index (χ0n) is 11.4. The van der Waals surface area contributed by atoms with E-state index in [1.54, 1.807) is 14.2 Å². The van der Waals surface area contributed by atoms with Crippen molar-refractivity contribution >= 4 is 28.9 Å². The quantitative estimate of drug-likeness (QED) is 0.567. The van der Waals surface area contributed by atoms with Gasteiger partial charge in [0.05, 0.1) is 19.9 Å². The summed E-state index contributed by atoms with van der Waals surface area (Å²) in [4.78, 5) is 10.9. The highest BCUT2D eigenvalue weighted by atomic mass is 127. The fourth-order valence-electron chi connectivity index (χ4n) is 2.07.